The summed E-state index contributed by atoms with van der Waals surface area (Å²) in [4.78, 5) is 25.0. The number of nitrogens with zero attached hydrogens (tertiary/aromatic N) is 1. The zero-order valence-electron chi connectivity index (χ0n) is 11.0. The van der Waals surface area contributed by atoms with Crippen LogP contribution < -0.4 is 11.1 Å². The van der Waals surface area contributed by atoms with Crippen molar-refractivity contribution in [3.8, 4) is 0 Å². The van der Waals surface area contributed by atoms with Gasteiger partial charge < -0.3 is 16.0 Å². The maximum atomic E-state index is 11.9. The number of benzene rings is 1. The largest absolute Gasteiger partial charge is 0.399 e. The van der Waals surface area contributed by atoms with Crippen LogP contribution in [0.1, 0.15) is 22.8 Å². The Bertz CT molecular complexity index is 458. The first kappa shape index (κ1) is 14.0. The number of carbonyl (C=O) groups is 2. The molecule has 0 radical (unpaired) electrons. The van der Waals surface area contributed by atoms with Gasteiger partial charge in [0.15, 0.2) is 0 Å². The lowest BCUT2D eigenvalue weighted by atomic mass is 10.1. The molecule has 0 unspecified atom stereocenters. The van der Waals surface area contributed by atoms with Crippen molar-refractivity contribution in [2.75, 3.05) is 25.9 Å². The number of likely N-dealkylation sites (N-methyl/N-ethyl adjacent to an activating group) is 1. The molecule has 1 rings (SSSR count). The van der Waals surface area contributed by atoms with Crippen molar-refractivity contribution >= 4 is 17.5 Å². The standard InChI is InChI=1S/C13H19N3O2/c1-4-16(3)12(17)8-15-13(18)11-7-10(14)6-5-9(11)2/h5-7H,4,8,14H2,1-3H3,(H,15,18). The lowest BCUT2D eigenvalue weighted by Gasteiger charge is -2.15. The summed E-state index contributed by atoms with van der Waals surface area (Å²) in [6.07, 6.45) is 0. The van der Waals surface area contributed by atoms with Crippen LogP contribution >= 0.6 is 0 Å². The van der Waals surface area contributed by atoms with Gasteiger partial charge in [0.05, 0.1) is 6.54 Å². The molecule has 0 fully saturated rings. The average Bonchev–Trinajstić information content (AvgIpc) is 2.37. The summed E-state index contributed by atoms with van der Waals surface area (Å²) in [5, 5.41) is 2.60. The number of nitrogen functional groups attached to an aromatic ring is 1. The summed E-state index contributed by atoms with van der Waals surface area (Å²) in [5.74, 6) is -0.398. The van der Waals surface area contributed by atoms with Crippen molar-refractivity contribution in [1.29, 1.82) is 0 Å². The van der Waals surface area contributed by atoms with Crippen LogP contribution in [0.25, 0.3) is 0 Å². The highest BCUT2D eigenvalue weighted by atomic mass is 16.2. The maximum Gasteiger partial charge on any atom is 0.252 e. The van der Waals surface area contributed by atoms with Crippen LogP contribution in [0.2, 0.25) is 0 Å². The molecule has 0 aliphatic carbocycles. The van der Waals surface area contributed by atoms with Crippen molar-refractivity contribution in [3.05, 3.63) is 29.3 Å². The number of rotatable bonds is 4. The van der Waals surface area contributed by atoms with E-state index in [9.17, 15) is 9.59 Å². The fraction of sp³-hybridized carbons (Fsp3) is 0.385. The van der Waals surface area contributed by atoms with Gasteiger partial charge in [0.1, 0.15) is 0 Å². The van der Waals surface area contributed by atoms with E-state index in [1.165, 1.54) is 0 Å². The zero-order chi connectivity index (χ0) is 13.7. The molecule has 0 heterocycles. The van der Waals surface area contributed by atoms with Crippen molar-refractivity contribution in [2.24, 2.45) is 0 Å². The number of aryl methyl sites for hydroxylation is 1. The molecular formula is C13H19N3O2. The van der Waals surface area contributed by atoms with E-state index in [-0.39, 0.29) is 18.4 Å². The zero-order valence-corrected chi connectivity index (χ0v) is 11.0. The molecular weight excluding hydrogens is 230 g/mol. The molecule has 0 saturated carbocycles. The molecule has 0 spiro atoms. The van der Waals surface area contributed by atoms with Crippen molar-refractivity contribution in [1.82, 2.24) is 10.2 Å². The molecule has 0 atom stereocenters. The van der Waals surface area contributed by atoms with E-state index in [0.29, 0.717) is 17.8 Å². The van der Waals surface area contributed by atoms with Crippen molar-refractivity contribution < 1.29 is 9.59 Å². The Morgan fingerprint density at radius 1 is 1.39 bits per heavy atom. The van der Waals surface area contributed by atoms with Gasteiger partial charge in [0.25, 0.3) is 5.91 Å². The molecule has 0 aliphatic heterocycles. The average molecular weight is 249 g/mol. The Labute approximate surface area is 107 Å². The summed E-state index contributed by atoms with van der Waals surface area (Å²) in [6, 6.07) is 5.13. The second-order valence-corrected chi connectivity index (χ2v) is 4.16. The first-order valence-electron chi connectivity index (χ1n) is 5.84. The summed E-state index contributed by atoms with van der Waals surface area (Å²) < 4.78 is 0. The highest BCUT2D eigenvalue weighted by molar-refractivity contribution is 5.98. The normalized spacial score (nSPS) is 9.94. The van der Waals surface area contributed by atoms with E-state index in [1.807, 2.05) is 13.8 Å². The monoisotopic (exact) mass is 249 g/mol. The predicted molar refractivity (Wildman–Crippen MR) is 71.2 cm³/mol. The quantitative estimate of drug-likeness (QED) is 0.774. The Morgan fingerprint density at radius 3 is 2.67 bits per heavy atom. The van der Waals surface area contributed by atoms with E-state index >= 15 is 0 Å². The van der Waals surface area contributed by atoms with Crippen LogP contribution in [-0.4, -0.2) is 36.9 Å². The number of carbonyl (C=O) groups excluding carboxylic acids is 2. The number of hydrogen-bond acceptors (Lipinski definition) is 3. The minimum absolute atomic E-state index is 0.00257. The third kappa shape index (κ3) is 3.48. The molecule has 18 heavy (non-hydrogen) atoms. The second kappa shape index (κ2) is 6.05. The molecule has 1 aromatic rings. The Morgan fingerprint density at radius 2 is 2.06 bits per heavy atom. The number of anilines is 1. The highest BCUT2D eigenvalue weighted by Gasteiger charge is 2.12. The lowest BCUT2D eigenvalue weighted by Crippen LogP contribution is -2.38. The van der Waals surface area contributed by atoms with Gasteiger partial charge in [-0.1, -0.05) is 6.07 Å². The molecule has 0 saturated heterocycles. The topological polar surface area (TPSA) is 75.4 Å². The fourth-order valence-electron chi connectivity index (χ4n) is 1.45. The number of hydrogen-bond donors (Lipinski definition) is 2. The second-order valence-electron chi connectivity index (χ2n) is 4.16. The van der Waals surface area contributed by atoms with E-state index in [4.69, 9.17) is 5.73 Å². The molecule has 2 amide bonds. The van der Waals surface area contributed by atoms with Crippen LogP contribution in [0, 0.1) is 6.92 Å². The van der Waals surface area contributed by atoms with E-state index in [2.05, 4.69) is 5.32 Å². The fourth-order valence-corrected chi connectivity index (χ4v) is 1.45. The first-order chi connectivity index (χ1) is 8.45. The van der Waals surface area contributed by atoms with Crippen LogP contribution in [0.4, 0.5) is 5.69 Å². The highest BCUT2D eigenvalue weighted by Crippen LogP contribution is 2.12. The van der Waals surface area contributed by atoms with Crippen LogP contribution in [-0.2, 0) is 4.79 Å². The Balaban J connectivity index is 2.66. The van der Waals surface area contributed by atoms with Gasteiger partial charge in [-0.2, -0.15) is 0 Å². The van der Waals surface area contributed by atoms with Gasteiger partial charge in [0, 0.05) is 24.8 Å². The Hall–Kier alpha value is -2.04. The van der Waals surface area contributed by atoms with Gasteiger partial charge in [-0.25, -0.2) is 0 Å². The molecule has 0 bridgehead atoms. The van der Waals surface area contributed by atoms with E-state index in [1.54, 1.807) is 30.1 Å². The number of nitrogens with two attached hydrogens (primary N) is 1. The third-order valence-corrected chi connectivity index (χ3v) is 2.81. The molecule has 5 heteroatoms. The summed E-state index contributed by atoms with van der Waals surface area (Å²) in [7, 11) is 1.69. The third-order valence-electron chi connectivity index (χ3n) is 2.81. The van der Waals surface area contributed by atoms with E-state index in [0.717, 1.165) is 5.56 Å². The minimum atomic E-state index is -0.280. The van der Waals surface area contributed by atoms with Gasteiger partial charge in [0.2, 0.25) is 5.91 Å². The van der Waals surface area contributed by atoms with Gasteiger partial charge in [-0.15, -0.1) is 0 Å². The number of amides is 2. The molecule has 0 aromatic heterocycles. The molecule has 0 aliphatic rings. The molecule has 98 valence electrons. The molecule has 5 nitrogen and oxygen atoms in total. The lowest BCUT2D eigenvalue weighted by molar-refractivity contribution is -0.128. The van der Waals surface area contributed by atoms with Crippen LogP contribution in [0.3, 0.4) is 0 Å². The minimum Gasteiger partial charge on any atom is -0.399 e. The summed E-state index contributed by atoms with van der Waals surface area (Å²) >= 11 is 0. The molecule has 1 aromatic carbocycles. The predicted octanol–water partition coefficient (Wildman–Crippen LogP) is 0.785. The van der Waals surface area contributed by atoms with Gasteiger partial charge in [-0.05, 0) is 31.5 Å². The maximum absolute atomic E-state index is 11.9. The van der Waals surface area contributed by atoms with E-state index < -0.39 is 0 Å². The van der Waals surface area contributed by atoms with Crippen LogP contribution in [0.15, 0.2) is 18.2 Å². The van der Waals surface area contributed by atoms with Gasteiger partial charge >= 0.3 is 0 Å². The van der Waals surface area contributed by atoms with Gasteiger partial charge in [-0.3, -0.25) is 9.59 Å². The van der Waals surface area contributed by atoms with Crippen LogP contribution in [0.5, 0.6) is 0 Å². The summed E-state index contributed by atoms with van der Waals surface area (Å²) in [5.41, 5.74) is 7.50. The first-order valence-corrected chi connectivity index (χ1v) is 5.84. The van der Waals surface area contributed by atoms with Crippen molar-refractivity contribution in [2.45, 2.75) is 13.8 Å². The SMILES string of the molecule is CCN(C)C(=O)CNC(=O)c1cc(N)ccc1C. The molecule has 3 N–H and O–H groups in total. The Kier molecular flexibility index (Phi) is 4.71. The summed E-state index contributed by atoms with van der Waals surface area (Å²) in [6.45, 7) is 4.32. The van der Waals surface area contributed by atoms with Crippen molar-refractivity contribution in [3.63, 3.8) is 0 Å². The smallest absolute Gasteiger partial charge is 0.252 e. The number of nitrogens with one attached hydrogen (secondary N) is 1.